The lowest BCUT2D eigenvalue weighted by Gasteiger charge is -2.27. The average Bonchev–Trinajstić information content (AvgIpc) is 2.84. The molecule has 0 bridgehead atoms. The van der Waals surface area contributed by atoms with Gasteiger partial charge in [-0.2, -0.15) is 0 Å². The molecule has 16 heavy (non-hydrogen) atoms. The van der Waals surface area contributed by atoms with Crippen LogP contribution in [0.2, 0.25) is 0 Å². The Hall–Kier alpha value is -0.800. The lowest BCUT2D eigenvalue weighted by atomic mass is 10.1. The van der Waals surface area contributed by atoms with Gasteiger partial charge in [-0.3, -0.25) is 0 Å². The van der Waals surface area contributed by atoms with Gasteiger partial charge >= 0.3 is 0 Å². The second-order valence-electron chi connectivity index (χ2n) is 4.91. The van der Waals surface area contributed by atoms with Gasteiger partial charge in [-0.15, -0.1) is 0 Å². The molecule has 2 atom stereocenters. The molecule has 2 N–H and O–H groups in total. The summed E-state index contributed by atoms with van der Waals surface area (Å²) in [5.41, 5.74) is 6.09. The van der Waals surface area contributed by atoms with Crippen LogP contribution < -0.4 is 5.73 Å². The highest BCUT2D eigenvalue weighted by atomic mass is 16.3. The largest absolute Gasteiger partial charge is 0.466 e. The van der Waals surface area contributed by atoms with Crippen molar-refractivity contribution in [3.63, 3.8) is 0 Å². The first kappa shape index (κ1) is 11.7. The van der Waals surface area contributed by atoms with Gasteiger partial charge in [0.1, 0.15) is 11.5 Å². The summed E-state index contributed by atoms with van der Waals surface area (Å²) in [6, 6.07) is 5.02. The van der Waals surface area contributed by atoms with Crippen molar-refractivity contribution in [3.8, 4) is 0 Å². The maximum atomic E-state index is 6.09. The monoisotopic (exact) mass is 222 g/mol. The molecule has 3 heteroatoms. The Morgan fingerprint density at radius 1 is 1.44 bits per heavy atom. The molecule has 3 nitrogen and oxygen atoms in total. The number of rotatable bonds is 4. The third-order valence-electron chi connectivity index (χ3n) is 3.60. The van der Waals surface area contributed by atoms with Crippen LogP contribution in [-0.4, -0.2) is 30.6 Å². The zero-order chi connectivity index (χ0) is 11.5. The summed E-state index contributed by atoms with van der Waals surface area (Å²) >= 11 is 0. The van der Waals surface area contributed by atoms with Crippen molar-refractivity contribution in [2.24, 2.45) is 5.73 Å². The van der Waals surface area contributed by atoms with Crippen molar-refractivity contribution in [2.45, 2.75) is 44.7 Å². The Morgan fingerprint density at radius 2 is 2.25 bits per heavy atom. The van der Waals surface area contributed by atoms with Crippen LogP contribution in [0.15, 0.2) is 16.5 Å². The second kappa shape index (κ2) is 5.02. The van der Waals surface area contributed by atoms with E-state index in [0.29, 0.717) is 12.1 Å². The van der Waals surface area contributed by atoms with Crippen molar-refractivity contribution in [1.82, 2.24) is 4.90 Å². The Balaban J connectivity index is 1.81. The lowest BCUT2D eigenvalue weighted by Crippen LogP contribution is -2.42. The molecule has 1 saturated carbocycles. The topological polar surface area (TPSA) is 42.4 Å². The Bertz CT molecular complexity index is 334. The molecule has 0 aliphatic heterocycles. The average molecular weight is 222 g/mol. The molecule has 0 saturated heterocycles. The van der Waals surface area contributed by atoms with Gasteiger partial charge < -0.3 is 15.1 Å². The van der Waals surface area contributed by atoms with E-state index in [-0.39, 0.29) is 0 Å². The summed E-state index contributed by atoms with van der Waals surface area (Å²) in [5, 5.41) is 0. The predicted octanol–water partition coefficient (Wildman–Crippen LogP) is 1.94. The van der Waals surface area contributed by atoms with E-state index in [9.17, 15) is 0 Å². The number of aryl methyl sites for hydroxylation is 1. The second-order valence-corrected chi connectivity index (χ2v) is 4.91. The van der Waals surface area contributed by atoms with Gasteiger partial charge in [-0.05, 0) is 38.9 Å². The summed E-state index contributed by atoms with van der Waals surface area (Å²) < 4.78 is 5.57. The SMILES string of the molecule is Cc1ccc(CCN(C)C2CCCC2N)o1. The van der Waals surface area contributed by atoms with Crippen LogP contribution in [-0.2, 0) is 6.42 Å². The minimum Gasteiger partial charge on any atom is -0.466 e. The molecule has 1 heterocycles. The first-order chi connectivity index (χ1) is 7.66. The van der Waals surface area contributed by atoms with Crippen LogP contribution in [0.4, 0.5) is 0 Å². The number of furan rings is 1. The molecule has 1 fully saturated rings. The van der Waals surface area contributed by atoms with E-state index < -0.39 is 0 Å². The molecule has 1 aliphatic rings. The Kier molecular flexibility index (Phi) is 3.66. The summed E-state index contributed by atoms with van der Waals surface area (Å²) in [6.45, 7) is 3.02. The smallest absolute Gasteiger partial charge is 0.105 e. The first-order valence-electron chi connectivity index (χ1n) is 6.18. The highest BCUT2D eigenvalue weighted by Crippen LogP contribution is 2.21. The number of nitrogens with two attached hydrogens (primary N) is 1. The summed E-state index contributed by atoms with van der Waals surface area (Å²) in [7, 11) is 2.17. The van der Waals surface area contributed by atoms with Gasteiger partial charge in [0.25, 0.3) is 0 Å². The van der Waals surface area contributed by atoms with Crippen LogP contribution >= 0.6 is 0 Å². The van der Waals surface area contributed by atoms with Gasteiger partial charge in [0.2, 0.25) is 0 Å². The third-order valence-corrected chi connectivity index (χ3v) is 3.60. The predicted molar refractivity (Wildman–Crippen MR) is 65.4 cm³/mol. The third kappa shape index (κ3) is 2.66. The summed E-state index contributed by atoms with van der Waals surface area (Å²) in [4.78, 5) is 2.38. The van der Waals surface area contributed by atoms with E-state index >= 15 is 0 Å². The van der Waals surface area contributed by atoms with Crippen LogP contribution in [0, 0.1) is 6.92 Å². The van der Waals surface area contributed by atoms with Gasteiger partial charge in [-0.25, -0.2) is 0 Å². The normalized spacial score (nSPS) is 25.5. The number of likely N-dealkylation sites (N-methyl/N-ethyl adjacent to an activating group) is 1. The fourth-order valence-corrected chi connectivity index (χ4v) is 2.59. The molecule has 2 unspecified atom stereocenters. The highest BCUT2D eigenvalue weighted by molar-refractivity contribution is 5.06. The summed E-state index contributed by atoms with van der Waals surface area (Å²) in [5.74, 6) is 2.08. The zero-order valence-electron chi connectivity index (χ0n) is 10.3. The van der Waals surface area contributed by atoms with E-state index in [4.69, 9.17) is 10.2 Å². The van der Waals surface area contributed by atoms with Crippen LogP contribution in [0.1, 0.15) is 30.8 Å². The van der Waals surface area contributed by atoms with E-state index in [1.807, 2.05) is 13.0 Å². The summed E-state index contributed by atoms with van der Waals surface area (Å²) in [6.07, 6.45) is 4.67. The van der Waals surface area contributed by atoms with E-state index in [1.165, 1.54) is 19.3 Å². The van der Waals surface area contributed by atoms with E-state index in [2.05, 4.69) is 18.0 Å². The Labute approximate surface area is 97.6 Å². The molecule has 0 aromatic carbocycles. The minimum absolute atomic E-state index is 0.364. The van der Waals surface area contributed by atoms with Crippen molar-refractivity contribution < 1.29 is 4.42 Å². The molecular formula is C13H22N2O. The highest BCUT2D eigenvalue weighted by Gasteiger charge is 2.27. The van der Waals surface area contributed by atoms with Crippen LogP contribution in [0.5, 0.6) is 0 Å². The van der Waals surface area contributed by atoms with Crippen LogP contribution in [0.25, 0.3) is 0 Å². The van der Waals surface area contributed by atoms with Crippen molar-refractivity contribution in [3.05, 3.63) is 23.7 Å². The van der Waals surface area contributed by atoms with Gasteiger partial charge in [0, 0.05) is 25.0 Å². The van der Waals surface area contributed by atoms with Crippen LogP contribution in [0.3, 0.4) is 0 Å². The number of hydrogen-bond donors (Lipinski definition) is 1. The van der Waals surface area contributed by atoms with Gasteiger partial charge in [0.05, 0.1) is 0 Å². The maximum Gasteiger partial charge on any atom is 0.105 e. The molecule has 1 aliphatic carbocycles. The standard InChI is InChI=1S/C13H22N2O/c1-10-6-7-11(16-10)8-9-15(2)13-5-3-4-12(13)14/h6-7,12-13H,3-5,8-9,14H2,1-2H3. The van der Waals surface area contributed by atoms with Gasteiger partial charge in [0.15, 0.2) is 0 Å². The molecular weight excluding hydrogens is 200 g/mol. The van der Waals surface area contributed by atoms with Crippen molar-refractivity contribution in [1.29, 1.82) is 0 Å². The van der Waals surface area contributed by atoms with Crippen molar-refractivity contribution in [2.75, 3.05) is 13.6 Å². The molecule has 1 aromatic rings. The molecule has 90 valence electrons. The quantitative estimate of drug-likeness (QED) is 0.846. The maximum absolute atomic E-state index is 6.09. The fourth-order valence-electron chi connectivity index (χ4n) is 2.59. The Morgan fingerprint density at radius 3 is 2.81 bits per heavy atom. The molecule has 0 radical (unpaired) electrons. The van der Waals surface area contributed by atoms with Crippen molar-refractivity contribution >= 4 is 0 Å². The lowest BCUT2D eigenvalue weighted by molar-refractivity contribution is 0.226. The van der Waals surface area contributed by atoms with E-state index in [0.717, 1.165) is 24.5 Å². The molecule has 0 spiro atoms. The molecule has 2 rings (SSSR count). The minimum atomic E-state index is 0.364. The van der Waals surface area contributed by atoms with E-state index in [1.54, 1.807) is 0 Å². The molecule has 1 aromatic heterocycles. The van der Waals surface area contributed by atoms with Gasteiger partial charge in [-0.1, -0.05) is 6.42 Å². The number of hydrogen-bond acceptors (Lipinski definition) is 3. The fraction of sp³-hybridized carbons (Fsp3) is 0.692. The number of nitrogens with zero attached hydrogens (tertiary/aromatic N) is 1. The first-order valence-corrected chi connectivity index (χ1v) is 6.18. The zero-order valence-corrected chi connectivity index (χ0v) is 10.3. The molecule has 0 amide bonds.